The summed E-state index contributed by atoms with van der Waals surface area (Å²) in [6, 6.07) is 12.0. The van der Waals surface area contributed by atoms with Gasteiger partial charge in [-0.3, -0.25) is 0 Å². The molecule has 2 aromatic carbocycles. The minimum atomic E-state index is -0.672. The maximum absolute atomic E-state index is 13.6. The maximum Gasteiger partial charge on any atom is 0.171 e. The summed E-state index contributed by atoms with van der Waals surface area (Å²) in [7, 11) is 0. The van der Waals surface area contributed by atoms with Gasteiger partial charge in [0.25, 0.3) is 0 Å². The van der Waals surface area contributed by atoms with Gasteiger partial charge in [0.2, 0.25) is 0 Å². The van der Waals surface area contributed by atoms with Crippen LogP contribution in [0.25, 0.3) is 0 Å². The van der Waals surface area contributed by atoms with E-state index in [0.29, 0.717) is 6.54 Å². The number of piperidine rings is 1. The highest BCUT2D eigenvalue weighted by Gasteiger charge is 2.16. The second-order valence-electron chi connectivity index (χ2n) is 6.76. The van der Waals surface area contributed by atoms with Crippen LogP contribution >= 0.6 is 12.2 Å². The molecule has 0 radical (unpaired) electrons. The van der Waals surface area contributed by atoms with E-state index in [2.05, 4.69) is 34.6 Å². The number of rotatable bonds is 4. The van der Waals surface area contributed by atoms with Gasteiger partial charge in [-0.25, -0.2) is 8.78 Å². The smallest absolute Gasteiger partial charge is 0.171 e. The number of nitrogens with zero attached hydrogens (tertiary/aromatic N) is 1. The maximum atomic E-state index is 13.6. The molecule has 1 atom stereocenters. The minimum absolute atomic E-state index is 0.183. The largest absolute Gasteiger partial charge is 0.371 e. The van der Waals surface area contributed by atoms with E-state index < -0.39 is 11.6 Å². The average Bonchev–Trinajstić information content (AvgIpc) is 2.64. The lowest BCUT2D eigenvalue weighted by atomic mass is 9.99. The second-order valence-corrected chi connectivity index (χ2v) is 7.17. The fourth-order valence-corrected chi connectivity index (χ4v) is 3.38. The fraction of sp³-hybridized carbons (Fsp3) is 0.350. The van der Waals surface area contributed by atoms with Crippen molar-refractivity contribution >= 4 is 28.7 Å². The van der Waals surface area contributed by atoms with E-state index in [0.717, 1.165) is 24.6 Å². The lowest BCUT2D eigenvalue weighted by molar-refractivity contribution is 0.447. The van der Waals surface area contributed by atoms with Crippen molar-refractivity contribution in [3.63, 3.8) is 0 Å². The lowest BCUT2D eigenvalue weighted by Gasteiger charge is -2.32. The molecule has 2 aromatic rings. The van der Waals surface area contributed by atoms with Crippen LogP contribution < -0.4 is 15.5 Å². The summed E-state index contributed by atoms with van der Waals surface area (Å²) >= 11 is 5.13. The van der Waals surface area contributed by atoms with Gasteiger partial charge in [-0.05, 0) is 60.8 Å². The lowest BCUT2D eigenvalue weighted by Crippen LogP contribution is -2.34. The van der Waals surface area contributed by atoms with Crippen LogP contribution in [0.4, 0.5) is 20.2 Å². The quantitative estimate of drug-likeness (QED) is 0.759. The van der Waals surface area contributed by atoms with Gasteiger partial charge in [0.05, 0.1) is 0 Å². The zero-order valence-electron chi connectivity index (χ0n) is 14.8. The third kappa shape index (κ3) is 4.69. The molecule has 0 bridgehead atoms. The SMILES string of the molecule is C[C@H]1CCCN(c2ccc(CNC(=S)Nc3c(F)cccc3F)cc2)C1. The van der Waals surface area contributed by atoms with Crippen molar-refractivity contribution < 1.29 is 8.78 Å². The highest BCUT2D eigenvalue weighted by molar-refractivity contribution is 7.80. The molecule has 0 unspecified atom stereocenters. The van der Waals surface area contributed by atoms with Crippen molar-refractivity contribution in [1.82, 2.24) is 5.32 Å². The first-order valence-electron chi connectivity index (χ1n) is 8.85. The Labute approximate surface area is 158 Å². The first-order valence-corrected chi connectivity index (χ1v) is 9.26. The van der Waals surface area contributed by atoms with E-state index in [1.54, 1.807) is 0 Å². The number of anilines is 2. The van der Waals surface area contributed by atoms with Crippen LogP contribution in [0.2, 0.25) is 0 Å². The first-order chi connectivity index (χ1) is 12.5. The van der Waals surface area contributed by atoms with E-state index in [4.69, 9.17) is 12.2 Å². The summed E-state index contributed by atoms with van der Waals surface area (Å²) in [4.78, 5) is 2.42. The highest BCUT2D eigenvalue weighted by Crippen LogP contribution is 2.23. The summed E-state index contributed by atoms with van der Waals surface area (Å²) in [6.07, 6.45) is 2.53. The van der Waals surface area contributed by atoms with Crippen molar-refractivity contribution in [3.05, 3.63) is 59.7 Å². The Morgan fingerprint density at radius 1 is 1.15 bits per heavy atom. The molecule has 0 aromatic heterocycles. The molecule has 0 saturated carbocycles. The molecule has 0 spiro atoms. The standard InChI is InChI=1S/C20H23F2N3S/c1-14-4-3-11-25(13-14)16-9-7-15(8-10-16)12-23-20(26)24-19-17(21)5-2-6-18(19)22/h2,5-10,14H,3-4,11-13H2,1H3,(H2,23,24,26)/t14-/m0/s1. The van der Waals surface area contributed by atoms with Crippen molar-refractivity contribution in [1.29, 1.82) is 0 Å². The zero-order chi connectivity index (χ0) is 18.5. The van der Waals surface area contributed by atoms with Crippen LogP contribution in [-0.4, -0.2) is 18.2 Å². The fourth-order valence-electron chi connectivity index (χ4n) is 3.21. The monoisotopic (exact) mass is 375 g/mol. The van der Waals surface area contributed by atoms with Crippen LogP contribution in [-0.2, 0) is 6.54 Å². The molecule has 3 nitrogen and oxygen atoms in total. The van der Waals surface area contributed by atoms with E-state index in [9.17, 15) is 8.78 Å². The number of nitrogens with one attached hydrogen (secondary N) is 2. The topological polar surface area (TPSA) is 27.3 Å². The predicted octanol–water partition coefficient (Wildman–Crippen LogP) is 4.69. The summed E-state index contributed by atoms with van der Waals surface area (Å²) in [6.45, 7) is 4.97. The average molecular weight is 375 g/mol. The molecule has 3 rings (SSSR count). The summed E-state index contributed by atoms with van der Waals surface area (Å²) in [5.41, 5.74) is 2.05. The predicted molar refractivity (Wildman–Crippen MR) is 106 cm³/mol. The summed E-state index contributed by atoms with van der Waals surface area (Å²) < 4.78 is 27.3. The van der Waals surface area contributed by atoms with Crippen molar-refractivity contribution in [3.8, 4) is 0 Å². The molecule has 1 heterocycles. The molecular formula is C20H23F2N3S. The number of benzene rings is 2. The zero-order valence-corrected chi connectivity index (χ0v) is 15.6. The Hall–Kier alpha value is -2.21. The van der Waals surface area contributed by atoms with E-state index in [1.165, 1.54) is 36.7 Å². The Bertz CT molecular complexity index is 744. The van der Waals surface area contributed by atoms with Crippen LogP contribution in [0.5, 0.6) is 0 Å². The Balaban J connectivity index is 1.54. The van der Waals surface area contributed by atoms with Crippen molar-refractivity contribution in [2.45, 2.75) is 26.3 Å². The Morgan fingerprint density at radius 3 is 2.50 bits per heavy atom. The molecular weight excluding hydrogens is 352 g/mol. The normalized spacial score (nSPS) is 17.0. The molecule has 6 heteroatoms. The van der Waals surface area contributed by atoms with E-state index >= 15 is 0 Å². The number of hydrogen-bond donors (Lipinski definition) is 2. The van der Waals surface area contributed by atoms with Crippen molar-refractivity contribution in [2.75, 3.05) is 23.3 Å². The highest BCUT2D eigenvalue weighted by atomic mass is 32.1. The summed E-state index contributed by atoms with van der Waals surface area (Å²) in [5.74, 6) is -0.615. The van der Waals surface area contributed by atoms with Crippen LogP contribution in [0.3, 0.4) is 0 Å². The van der Waals surface area contributed by atoms with Gasteiger partial charge in [0.15, 0.2) is 5.11 Å². The molecule has 1 fully saturated rings. The Morgan fingerprint density at radius 2 is 1.85 bits per heavy atom. The summed E-state index contributed by atoms with van der Waals surface area (Å²) in [5, 5.41) is 5.74. The molecule has 0 amide bonds. The number of hydrogen-bond acceptors (Lipinski definition) is 2. The second kappa shape index (κ2) is 8.45. The molecule has 2 N–H and O–H groups in total. The van der Waals surface area contributed by atoms with Crippen LogP contribution in [0, 0.1) is 17.6 Å². The van der Waals surface area contributed by atoms with E-state index in [1.807, 2.05) is 12.1 Å². The van der Waals surface area contributed by atoms with Crippen LogP contribution in [0.1, 0.15) is 25.3 Å². The molecule has 1 aliphatic heterocycles. The van der Waals surface area contributed by atoms with E-state index in [-0.39, 0.29) is 10.8 Å². The first kappa shape index (κ1) is 18.6. The molecule has 1 saturated heterocycles. The van der Waals surface area contributed by atoms with Gasteiger partial charge >= 0.3 is 0 Å². The third-order valence-corrected chi connectivity index (χ3v) is 4.86. The van der Waals surface area contributed by atoms with Gasteiger partial charge in [-0.15, -0.1) is 0 Å². The Kier molecular flexibility index (Phi) is 6.04. The number of thiocarbonyl (C=S) groups is 1. The van der Waals surface area contributed by atoms with Gasteiger partial charge in [-0.2, -0.15) is 0 Å². The van der Waals surface area contributed by atoms with Crippen molar-refractivity contribution in [2.24, 2.45) is 5.92 Å². The van der Waals surface area contributed by atoms with Gasteiger partial charge in [0, 0.05) is 25.3 Å². The number of para-hydroxylation sites is 1. The molecule has 1 aliphatic rings. The third-order valence-electron chi connectivity index (χ3n) is 4.61. The van der Waals surface area contributed by atoms with Gasteiger partial charge in [-0.1, -0.05) is 25.1 Å². The molecule has 26 heavy (non-hydrogen) atoms. The number of halogens is 2. The van der Waals surface area contributed by atoms with Crippen LogP contribution in [0.15, 0.2) is 42.5 Å². The molecule has 138 valence electrons. The van der Waals surface area contributed by atoms with Gasteiger partial charge in [0.1, 0.15) is 17.3 Å². The minimum Gasteiger partial charge on any atom is -0.371 e. The van der Waals surface area contributed by atoms with Gasteiger partial charge < -0.3 is 15.5 Å². The molecule has 0 aliphatic carbocycles.